The Labute approximate surface area is 299 Å². The number of nitrogens with zero attached hydrogens (tertiary/aromatic N) is 5. The molecule has 4 heterocycles. The highest BCUT2D eigenvalue weighted by atomic mass is 32.2. The van der Waals surface area contributed by atoms with Gasteiger partial charge in [0.05, 0.1) is 12.7 Å². The van der Waals surface area contributed by atoms with Crippen LogP contribution in [0.15, 0.2) is 66.3 Å². The maximum Gasteiger partial charge on any atom is 0.224 e. The van der Waals surface area contributed by atoms with Gasteiger partial charge in [-0.05, 0) is 126 Å². The lowest BCUT2D eigenvalue weighted by Gasteiger charge is -2.60. The van der Waals surface area contributed by atoms with Crippen LogP contribution in [0.2, 0.25) is 0 Å². The largest absolute Gasteiger partial charge is 0.784 e. The fourth-order valence-corrected chi connectivity index (χ4v) is 8.81. The van der Waals surface area contributed by atoms with Gasteiger partial charge in [-0.25, -0.2) is 4.98 Å². The van der Waals surface area contributed by atoms with Gasteiger partial charge < -0.3 is 34.2 Å². The van der Waals surface area contributed by atoms with E-state index in [4.69, 9.17) is 0 Å². The summed E-state index contributed by atoms with van der Waals surface area (Å²) in [6, 6.07) is 9.32. The molecule has 12 heteroatoms. The van der Waals surface area contributed by atoms with Gasteiger partial charge in [-0.15, -0.1) is 0 Å². The molecule has 0 bridgehead atoms. The number of carbonyl (C=O) groups is 2. The zero-order valence-electron chi connectivity index (χ0n) is 30.4. The zero-order valence-corrected chi connectivity index (χ0v) is 31.2. The van der Waals surface area contributed by atoms with E-state index in [0.717, 1.165) is 49.8 Å². The van der Waals surface area contributed by atoms with Crippen LogP contribution in [0.4, 0.5) is 0 Å². The Morgan fingerprint density at radius 1 is 1.02 bits per heavy atom. The molecular formula is C38H54N6O5S-2. The Balaban J connectivity index is 1.32. The van der Waals surface area contributed by atoms with E-state index in [1.165, 1.54) is 5.06 Å². The normalized spacial score (nSPS) is 21.1. The monoisotopic (exact) mass is 706 g/mol. The molecule has 5 unspecified atom stereocenters. The van der Waals surface area contributed by atoms with Crippen molar-refractivity contribution in [2.75, 3.05) is 6.54 Å². The standard InChI is InChI=1S/C38H55N6O5S/c1-7-32(42-18-15-39-26-42)22-33(43-16-8-9-36(43)46)21-30(29-10-12-34(13-11-29)50(48)49)19-27(2)41-17-14-28(25-41)20-35(45)40-31-23-37(3,4)44(47)38(5,6)24-31/h10-15,17-18,25-27,30-33H,7-9,16,19-24H2,1-6H3,(H,40,45)(H,48,49)/q-1/p-1. The van der Waals surface area contributed by atoms with Crippen molar-refractivity contribution in [3.05, 3.63) is 77.8 Å². The molecular weight excluding hydrogens is 653 g/mol. The second-order valence-electron chi connectivity index (χ2n) is 15.7. The van der Waals surface area contributed by atoms with Crippen molar-refractivity contribution in [1.29, 1.82) is 0 Å². The third-order valence-corrected chi connectivity index (χ3v) is 11.5. The van der Waals surface area contributed by atoms with E-state index in [1.807, 2.05) is 70.8 Å². The molecule has 0 spiro atoms. The Morgan fingerprint density at radius 3 is 2.30 bits per heavy atom. The van der Waals surface area contributed by atoms with Crippen molar-refractivity contribution in [3.8, 4) is 0 Å². The second-order valence-corrected chi connectivity index (χ2v) is 16.6. The van der Waals surface area contributed by atoms with Crippen molar-refractivity contribution in [3.63, 3.8) is 0 Å². The van der Waals surface area contributed by atoms with E-state index < -0.39 is 22.2 Å². The third-order valence-electron chi connectivity index (χ3n) is 10.8. The van der Waals surface area contributed by atoms with Crippen LogP contribution >= 0.6 is 0 Å². The van der Waals surface area contributed by atoms with E-state index in [-0.39, 0.29) is 53.2 Å². The summed E-state index contributed by atoms with van der Waals surface area (Å²) in [5, 5.41) is 17.1. The van der Waals surface area contributed by atoms with E-state index in [2.05, 4.69) is 38.2 Å². The summed E-state index contributed by atoms with van der Waals surface area (Å²) in [5.41, 5.74) is 0.846. The highest BCUT2D eigenvalue weighted by Gasteiger charge is 2.40. The first-order valence-corrected chi connectivity index (χ1v) is 19.1. The molecule has 2 amide bonds. The number of benzene rings is 1. The van der Waals surface area contributed by atoms with Crippen molar-refractivity contribution < 1.29 is 18.4 Å². The summed E-state index contributed by atoms with van der Waals surface area (Å²) < 4.78 is 27.6. The minimum Gasteiger partial charge on any atom is -0.784 e. The summed E-state index contributed by atoms with van der Waals surface area (Å²) in [7, 11) is 0. The molecule has 2 saturated heterocycles. The molecule has 3 aromatic rings. The zero-order chi connectivity index (χ0) is 36.2. The van der Waals surface area contributed by atoms with Crippen LogP contribution in [0.5, 0.6) is 0 Å². The first-order chi connectivity index (χ1) is 23.7. The summed E-state index contributed by atoms with van der Waals surface area (Å²) in [4.78, 5) is 32.9. The number of rotatable bonds is 15. The van der Waals surface area contributed by atoms with Crippen LogP contribution in [0.25, 0.3) is 0 Å². The number of hydroxylamine groups is 2. The van der Waals surface area contributed by atoms with Crippen molar-refractivity contribution in [2.24, 2.45) is 0 Å². The van der Waals surface area contributed by atoms with Gasteiger partial charge in [0.15, 0.2) is 0 Å². The maximum absolute atomic E-state index is 13.2. The number of aromatic nitrogens is 3. The molecule has 2 fully saturated rings. The quantitative estimate of drug-likeness (QED) is 0.184. The van der Waals surface area contributed by atoms with Crippen molar-refractivity contribution in [2.45, 2.75) is 145 Å². The van der Waals surface area contributed by atoms with Gasteiger partial charge >= 0.3 is 0 Å². The molecule has 274 valence electrons. The molecule has 1 N–H and O–H groups in total. The minimum absolute atomic E-state index is 0.00946. The number of carbonyl (C=O) groups excluding carboxylic acids is 2. The molecule has 0 saturated carbocycles. The SMILES string of the molecule is CCC(CC(CC(CC(C)n1ccc(CC(=O)NC2CC(C)(C)N([O-])C(C)(C)C2)c1)c1ccc(S(=O)[O-])cc1)N1CCCC1=O)n1ccnc1. The Kier molecular flexibility index (Phi) is 12.1. The minimum atomic E-state index is -2.31. The maximum atomic E-state index is 13.2. The molecule has 2 aliphatic heterocycles. The number of likely N-dealkylation sites (tertiary alicyclic amines) is 1. The first kappa shape index (κ1) is 37.9. The third kappa shape index (κ3) is 9.12. The number of amides is 2. The molecule has 50 heavy (non-hydrogen) atoms. The van der Waals surface area contributed by atoms with E-state index in [0.29, 0.717) is 19.3 Å². The van der Waals surface area contributed by atoms with E-state index >= 15 is 0 Å². The lowest BCUT2D eigenvalue weighted by Crippen LogP contribution is -2.62. The van der Waals surface area contributed by atoms with Gasteiger partial charge in [0.2, 0.25) is 11.8 Å². The lowest BCUT2D eigenvalue weighted by atomic mass is 9.79. The predicted molar refractivity (Wildman–Crippen MR) is 194 cm³/mol. The summed E-state index contributed by atoms with van der Waals surface area (Å²) in [5.74, 6) is 0.186. The average molecular weight is 707 g/mol. The van der Waals surface area contributed by atoms with Gasteiger partial charge in [-0.1, -0.05) is 19.1 Å². The van der Waals surface area contributed by atoms with Crippen LogP contribution in [-0.4, -0.2) is 74.4 Å². The van der Waals surface area contributed by atoms with Gasteiger partial charge in [-0.3, -0.25) is 13.8 Å². The molecule has 5 rings (SSSR count). The van der Waals surface area contributed by atoms with Crippen molar-refractivity contribution in [1.82, 2.24) is 29.4 Å². The first-order valence-electron chi connectivity index (χ1n) is 18.1. The highest BCUT2D eigenvalue weighted by molar-refractivity contribution is 7.79. The molecule has 0 aliphatic carbocycles. The molecule has 5 atom stereocenters. The number of piperidine rings is 1. The Bertz CT molecular complexity index is 1590. The van der Waals surface area contributed by atoms with Gasteiger partial charge in [0.25, 0.3) is 0 Å². The lowest BCUT2D eigenvalue weighted by molar-refractivity contribution is -0.130. The number of hydrogen-bond donors (Lipinski definition) is 1. The molecule has 1 aromatic carbocycles. The van der Waals surface area contributed by atoms with Crippen LogP contribution in [0, 0.1) is 5.21 Å². The number of nitrogens with one attached hydrogen (secondary N) is 1. The Morgan fingerprint density at radius 2 is 1.72 bits per heavy atom. The van der Waals surface area contributed by atoms with Crippen molar-refractivity contribution >= 4 is 22.9 Å². The summed E-state index contributed by atoms with van der Waals surface area (Å²) in [6.07, 6.45) is 15.8. The fourth-order valence-electron chi connectivity index (χ4n) is 8.45. The van der Waals surface area contributed by atoms with Gasteiger partial charge in [-0.2, -0.15) is 0 Å². The van der Waals surface area contributed by atoms with Gasteiger partial charge in [0, 0.05) is 77.9 Å². The topological polar surface area (TPSA) is 139 Å². The smallest absolute Gasteiger partial charge is 0.224 e. The summed E-state index contributed by atoms with van der Waals surface area (Å²) in [6.45, 7) is 12.8. The molecule has 2 aliphatic rings. The van der Waals surface area contributed by atoms with Crippen LogP contribution in [-0.2, 0) is 27.1 Å². The fraction of sp³-hybridized carbons (Fsp3) is 0.605. The predicted octanol–water partition coefficient (Wildman–Crippen LogP) is 6.26. The van der Waals surface area contributed by atoms with Crippen LogP contribution in [0.1, 0.15) is 122 Å². The van der Waals surface area contributed by atoms with Crippen LogP contribution in [0.3, 0.4) is 0 Å². The van der Waals surface area contributed by atoms with Gasteiger partial charge in [0.1, 0.15) is 0 Å². The molecule has 2 aromatic heterocycles. The highest BCUT2D eigenvalue weighted by Crippen LogP contribution is 2.38. The number of imidazole rings is 1. The average Bonchev–Trinajstić information content (AvgIpc) is 3.84. The Hall–Kier alpha value is -3.32. The summed E-state index contributed by atoms with van der Waals surface area (Å²) >= 11 is -2.31. The van der Waals surface area contributed by atoms with Crippen LogP contribution < -0.4 is 5.32 Å². The molecule has 11 nitrogen and oxygen atoms in total. The second kappa shape index (κ2) is 15.9. The number of hydrogen-bond acceptors (Lipinski definition) is 7. The van der Waals surface area contributed by atoms with E-state index in [9.17, 15) is 23.6 Å². The van der Waals surface area contributed by atoms with E-state index in [1.54, 1.807) is 18.3 Å². The molecule has 0 radical (unpaired) electrons.